The molecule has 0 spiro atoms. The Morgan fingerprint density at radius 2 is 0.878 bits per heavy atom. The van der Waals surface area contributed by atoms with Crippen molar-refractivity contribution < 1.29 is 20.9 Å². The molecule has 0 aliphatic heterocycles. The molecule has 0 saturated heterocycles. The Kier molecular flexibility index (Phi) is 8.03. The minimum atomic E-state index is -2.25. The first kappa shape index (κ1) is 30.7. The molecule has 2 atom stereocenters. The number of allylic oxidation sites excluding steroid dienone is 2. The van der Waals surface area contributed by atoms with Crippen molar-refractivity contribution in [3.63, 3.8) is 0 Å². The van der Waals surface area contributed by atoms with Gasteiger partial charge in [-0.15, -0.1) is 0 Å². The molecule has 0 heterocycles. The zero-order valence-corrected chi connectivity index (χ0v) is 32.0. The van der Waals surface area contributed by atoms with Crippen LogP contribution in [0.4, 0.5) is 0 Å². The van der Waals surface area contributed by atoms with Gasteiger partial charge < -0.3 is 0 Å². The summed E-state index contributed by atoms with van der Waals surface area (Å²) in [4.78, 5) is 0. The van der Waals surface area contributed by atoms with Gasteiger partial charge in [-0.05, 0) is 0 Å². The molecule has 0 bridgehead atoms. The first-order valence-electron chi connectivity index (χ1n) is 17.6. The fourth-order valence-corrected chi connectivity index (χ4v) is 32.6. The van der Waals surface area contributed by atoms with Crippen LogP contribution in [0.15, 0.2) is 163 Å². The van der Waals surface area contributed by atoms with Crippen LogP contribution in [0.2, 0.25) is 0 Å². The summed E-state index contributed by atoms with van der Waals surface area (Å²) >= 11 is -2.25. The molecule has 0 radical (unpaired) electrons. The average Bonchev–Trinajstić information content (AvgIpc) is 3.67. The van der Waals surface area contributed by atoms with Gasteiger partial charge in [0.15, 0.2) is 0 Å². The topological polar surface area (TPSA) is 0 Å². The van der Waals surface area contributed by atoms with Crippen molar-refractivity contribution in [2.75, 3.05) is 0 Å². The molecular weight excluding hydrogens is 684 g/mol. The predicted molar refractivity (Wildman–Crippen MR) is 210 cm³/mol. The van der Waals surface area contributed by atoms with Crippen LogP contribution in [0, 0.1) is 0 Å². The molecule has 0 fully saturated rings. The van der Waals surface area contributed by atoms with E-state index in [4.69, 9.17) is 0 Å². The van der Waals surface area contributed by atoms with Crippen LogP contribution in [0.5, 0.6) is 0 Å². The quantitative estimate of drug-likeness (QED) is 0.144. The molecule has 7 aromatic carbocycles. The number of hydrogen-bond acceptors (Lipinski definition) is 0. The Morgan fingerprint density at radius 3 is 1.41 bits per heavy atom. The van der Waals surface area contributed by atoms with E-state index in [1.165, 1.54) is 66.5 Å². The van der Waals surface area contributed by atoms with Crippen molar-refractivity contribution in [3.8, 4) is 22.3 Å². The standard InChI is InChI=1S/2C20H15.C7H9Si.Zr/c2*1-14-12-16-8-5-11-19(20(16)13-14)18-10-4-7-15-6-2-3-9-17(15)18;8-6-7-4-2-1-3-5-7;/h2*2-13H,1H3;1-5H,6,8H2;. The van der Waals surface area contributed by atoms with Crippen molar-refractivity contribution in [3.05, 3.63) is 191 Å². The molecule has 0 nitrogen and oxygen atoms in total. The van der Waals surface area contributed by atoms with Gasteiger partial charge in [0.2, 0.25) is 0 Å². The molecule has 2 heteroatoms. The summed E-state index contributed by atoms with van der Waals surface area (Å²) in [6.45, 7) is 4.53. The molecule has 0 aromatic heterocycles. The molecule has 2 aliphatic carbocycles. The fraction of sp³-hybridized carbons (Fsp3) is 0.106. The van der Waals surface area contributed by atoms with Crippen LogP contribution in [-0.2, 0) is 27.0 Å². The molecule has 2 aliphatic rings. The van der Waals surface area contributed by atoms with Gasteiger partial charge in [0.25, 0.3) is 0 Å². The van der Waals surface area contributed by atoms with E-state index < -0.39 is 20.9 Å². The van der Waals surface area contributed by atoms with Crippen LogP contribution in [0.1, 0.15) is 48.9 Å². The Bertz CT molecular complexity index is 2270. The van der Waals surface area contributed by atoms with Crippen molar-refractivity contribution >= 4 is 40.3 Å². The first-order valence-corrected chi connectivity index (χ1v) is 27.4. The second-order valence-electron chi connectivity index (χ2n) is 13.9. The van der Waals surface area contributed by atoms with Crippen molar-refractivity contribution in [1.82, 2.24) is 0 Å². The molecular formula is C47H39SiZr. The zero-order valence-electron chi connectivity index (χ0n) is 28.2. The molecule has 0 N–H and O–H groups in total. The van der Waals surface area contributed by atoms with Gasteiger partial charge in [0.05, 0.1) is 0 Å². The van der Waals surface area contributed by atoms with E-state index in [1.807, 2.05) is 0 Å². The Morgan fingerprint density at radius 1 is 0.449 bits per heavy atom. The normalized spacial score (nSPS) is 16.6. The van der Waals surface area contributed by atoms with Gasteiger partial charge in [-0.1, -0.05) is 0 Å². The second kappa shape index (κ2) is 12.8. The third kappa shape index (κ3) is 5.38. The number of hydrogen-bond donors (Lipinski definition) is 0. The van der Waals surface area contributed by atoms with Gasteiger partial charge in [0, 0.05) is 0 Å². The van der Waals surface area contributed by atoms with Crippen molar-refractivity contribution in [1.29, 1.82) is 0 Å². The second-order valence-corrected chi connectivity index (χ2v) is 29.1. The summed E-state index contributed by atoms with van der Waals surface area (Å²) in [7, 11) is 0. The summed E-state index contributed by atoms with van der Waals surface area (Å²) in [5, 5.41) is 5.30. The number of benzene rings is 7. The molecule has 9 rings (SSSR count). The van der Waals surface area contributed by atoms with Crippen LogP contribution in [0.25, 0.3) is 56.0 Å². The third-order valence-electron chi connectivity index (χ3n) is 11.0. The van der Waals surface area contributed by atoms with Gasteiger partial charge >= 0.3 is 301 Å². The van der Waals surface area contributed by atoms with E-state index in [0.717, 1.165) is 0 Å². The Hall–Kier alpha value is -4.36. The number of rotatable bonds is 7. The van der Waals surface area contributed by atoms with E-state index in [0.29, 0.717) is 7.25 Å². The van der Waals surface area contributed by atoms with Crippen LogP contribution in [-0.4, -0.2) is 6.65 Å². The molecule has 235 valence electrons. The van der Waals surface area contributed by atoms with Crippen LogP contribution in [0.3, 0.4) is 0 Å². The van der Waals surface area contributed by atoms with Crippen molar-refractivity contribution in [2.24, 2.45) is 0 Å². The summed E-state index contributed by atoms with van der Waals surface area (Å²) in [6, 6.07) is 58.3. The maximum absolute atomic E-state index is 2.58. The monoisotopic (exact) mass is 721 g/mol. The van der Waals surface area contributed by atoms with Crippen LogP contribution >= 0.6 is 0 Å². The van der Waals surface area contributed by atoms with E-state index >= 15 is 0 Å². The van der Waals surface area contributed by atoms with Gasteiger partial charge in [-0.3, -0.25) is 0 Å². The van der Waals surface area contributed by atoms with Gasteiger partial charge in [-0.2, -0.15) is 0 Å². The fourth-order valence-electron chi connectivity index (χ4n) is 8.87. The molecule has 49 heavy (non-hydrogen) atoms. The predicted octanol–water partition coefficient (Wildman–Crippen LogP) is 11.8. The Labute approximate surface area is 299 Å². The van der Waals surface area contributed by atoms with Gasteiger partial charge in [-0.25, -0.2) is 0 Å². The summed E-state index contributed by atoms with van der Waals surface area (Å²) < 4.78 is 1.20. The summed E-state index contributed by atoms with van der Waals surface area (Å²) in [5.74, 6) is 0. The van der Waals surface area contributed by atoms with E-state index in [9.17, 15) is 0 Å². The van der Waals surface area contributed by atoms with Gasteiger partial charge in [0.1, 0.15) is 0 Å². The Balaban J connectivity index is 1.18. The van der Waals surface area contributed by atoms with Crippen LogP contribution < -0.4 is 0 Å². The summed E-state index contributed by atoms with van der Waals surface area (Å²) in [5.41, 5.74) is 16.4. The molecule has 7 aromatic rings. The SMILES string of the molecule is CC1=Cc2c(-c3cccc4ccccc34)cccc2[CH]1[Zr]([SiH2]Cc1ccccc1)[CH]1C(C)=Cc2c(-c3cccc4ccccc34)cccc21. The minimum absolute atomic E-state index is 0.377. The van der Waals surface area contributed by atoms with E-state index in [-0.39, 0.29) is 6.65 Å². The first-order chi connectivity index (χ1) is 24.2. The molecule has 2 unspecified atom stereocenters. The number of fused-ring (bicyclic) bond motifs is 4. The summed E-state index contributed by atoms with van der Waals surface area (Å²) in [6.07, 6.45) is 5.16. The zero-order chi connectivity index (χ0) is 32.9. The van der Waals surface area contributed by atoms with Crippen molar-refractivity contribution in [2.45, 2.75) is 27.1 Å². The third-order valence-corrected chi connectivity index (χ3v) is 30.8. The van der Waals surface area contributed by atoms with E-state index in [2.05, 4.69) is 178 Å². The maximum atomic E-state index is 2.58. The molecule has 0 saturated carbocycles. The average molecular weight is 723 g/mol. The molecule has 0 amide bonds. The van der Waals surface area contributed by atoms with E-state index in [1.54, 1.807) is 22.3 Å².